The molecule has 8 nitrogen and oxygen atoms in total. The van der Waals surface area contributed by atoms with Crippen molar-refractivity contribution in [3.8, 4) is 21.7 Å². The first-order valence-corrected chi connectivity index (χ1v) is 16.1. The highest BCUT2D eigenvalue weighted by Gasteiger charge is 2.36. The Labute approximate surface area is 265 Å². The van der Waals surface area contributed by atoms with E-state index in [1.165, 1.54) is 0 Å². The Kier molecular flexibility index (Phi) is 7.20. The third-order valence-corrected chi connectivity index (χ3v) is 9.83. The lowest BCUT2D eigenvalue weighted by Gasteiger charge is -2.32. The molecule has 0 saturated carbocycles. The summed E-state index contributed by atoms with van der Waals surface area (Å²) in [6.07, 6.45) is 1.57. The summed E-state index contributed by atoms with van der Waals surface area (Å²) in [6, 6.07) is 15.9. The predicted molar refractivity (Wildman–Crippen MR) is 176 cm³/mol. The van der Waals surface area contributed by atoms with Gasteiger partial charge in [-0.05, 0) is 88.1 Å². The molecule has 44 heavy (non-hydrogen) atoms. The van der Waals surface area contributed by atoms with Crippen molar-refractivity contribution >= 4 is 55.8 Å². The van der Waals surface area contributed by atoms with Gasteiger partial charge in [0.2, 0.25) is 0 Å². The van der Waals surface area contributed by atoms with Crippen LogP contribution in [0.3, 0.4) is 0 Å². The Bertz CT molecular complexity index is 1900. The quantitative estimate of drug-likeness (QED) is 0.205. The molecule has 2 aliphatic rings. The first kappa shape index (κ1) is 29.2. The zero-order valence-corrected chi connectivity index (χ0v) is 27.0. The van der Waals surface area contributed by atoms with Crippen molar-refractivity contribution in [1.82, 2.24) is 14.8 Å². The van der Waals surface area contributed by atoms with Crippen LogP contribution in [-0.2, 0) is 21.3 Å². The van der Waals surface area contributed by atoms with Gasteiger partial charge in [-0.1, -0.05) is 23.7 Å². The van der Waals surface area contributed by atoms with E-state index in [1.54, 1.807) is 11.3 Å². The van der Waals surface area contributed by atoms with Gasteiger partial charge in [-0.3, -0.25) is 4.68 Å². The van der Waals surface area contributed by atoms with Crippen molar-refractivity contribution in [1.29, 1.82) is 0 Å². The smallest absolute Gasteiger partial charge is 0.337 e. The number of thiazole rings is 1. The molecule has 228 valence electrons. The maximum atomic E-state index is 12.7. The van der Waals surface area contributed by atoms with Crippen LogP contribution in [0.5, 0.6) is 0 Å². The lowest BCUT2D eigenvalue weighted by Crippen LogP contribution is -2.43. The van der Waals surface area contributed by atoms with Crippen LogP contribution in [0, 0.1) is 6.92 Å². The van der Waals surface area contributed by atoms with Crippen molar-refractivity contribution < 1.29 is 19.4 Å². The normalized spacial score (nSPS) is 19.3. The molecular formula is C34H35ClN4O4S. The number of nitrogens with zero attached hydrogens (tertiary/aromatic N) is 4. The van der Waals surface area contributed by atoms with Gasteiger partial charge in [0.25, 0.3) is 0 Å². The zero-order chi connectivity index (χ0) is 30.9. The maximum Gasteiger partial charge on any atom is 0.337 e. The number of anilines is 1. The summed E-state index contributed by atoms with van der Waals surface area (Å²) in [5.74, 6) is -0.0530. The molecule has 3 atom stereocenters. The number of hydrogen-bond acceptors (Lipinski definition) is 7. The van der Waals surface area contributed by atoms with Crippen LogP contribution < -0.4 is 4.90 Å². The van der Waals surface area contributed by atoms with E-state index in [2.05, 4.69) is 23.1 Å². The molecule has 2 fully saturated rings. The fourth-order valence-corrected chi connectivity index (χ4v) is 7.81. The number of aromatic nitrogens is 3. The second-order valence-electron chi connectivity index (χ2n) is 12.8. The fourth-order valence-electron chi connectivity index (χ4n) is 6.56. The van der Waals surface area contributed by atoms with Gasteiger partial charge in [-0.15, -0.1) is 11.3 Å². The summed E-state index contributed by atoms with van der Waals surface area (Å²) in [7, 11) is 1.99. The van der Waals surface area contributed by atoms with Crippen molar-refractivity contribution in [3.63, 3.8) is 0 Å². The van der Waals surface area contributed by atoms with Crippen molar-refractivity contribution in [3.05, 3.63) is 64.7 Å². The Hall–Kier alpha value is -3.50. The molecule has 1 unspecified atom stereocenters. The van der Waals surface area contributed by atoms with E-state index in [-0.39, 0.29) is 12.2 Å². The van der Waals surface area contributed by atoms with E-state index in [0.717, 1.165) is 80.1 Å². The van der Waals surface area contributed by atoms with Gasteiger partial charge in [0.05, 0.1) is 33.5 Å². The van der Waals surface area contributed by atoms with Crippen LogP contribution in [0.2, 0.25) is 5.02 Å². The topological polar surface area (TPSA) is 89.7 Å². The number of carboxylic acid groups (broad SMARTS) is 1. The summed E-state index contributed by atoms with van der Waals surface area (Å²) in [6.45, 7) is 9.23. The van der Waals surface area contributed by atoms with Crippen molar-refractivity contribution in [2.75, 3.05) is 18.0 Å². The molecule has 10 heteroatoms. The molecule has 1 N–H and O–H groups in total. The lowest BCUT2D eigenvalue weighted by atomic mass is 9.91. The Balaban J connectivity index is 1.39. The third-order valence-electron chi connectivity index (χ3n) is 8.44. The highest BCUT2D eigenvalue weighted by Crippen LogP contribution is 2.45. The van der Waals surface area contributed by atoms with Crippen LogP contribution in [0.15, 0.2) is 48.5 Å². The van der Waals surface area contributed by atoms with E-state index in [1.807, 2.05) is 69.8 Å². The molecule has 2 aromatic heterocycles. The van der Waals surface area contributed by atoms with Crippen LogP contribution in [0.25, 0.3) is 42.8 Å². The zero-order valence-electron chi connectivity index (χ0n) is 25.4. The first-order valence-electron chi connectivity index (χ1n) is 14.9. The monoisotopic (exact) mass is 630 g/mol. The number of carboxylic acids is 1. The largest absolute Gasteiger partial charge is 0.479 e. The second kappa shape index (κ2) is 10.8. The number of ether oxygens (including phenoxy) is 2. The molecule has 2 saturated heterocycles. The van der Waals surface area contributed by atoms with Crippen LogP contribution in [0.1, 0.15) is 50.8 Å². The van der Waals surface area contributed by atoms with Gasteiger partial charge in [0.1, 0.15) is 5.01 Å². The maximum absolute atomic E-state index is 12.7. The van der Waals surface area contributed by atoms with Gasteiger partial charge in [0.15, 0.2) is 11.9 Å². The molecule has 0 amide bonds. The number of halogens is 1. The number of hydrogen-bond donors (Lipinski definition) is 1. The lowest BCUT2D eigenvalue weighted by molar-refractivity contribution is -0.160. The molecule has 2 bridgehead atoms. The summed E-state index contributed by atoms with van der Waals surface area (Å²) >= 11 is 7.82. The van der Waals surface area contributed by atoms with Crippen LogP contribution in [0.4, 0.5) is 5.82 Å². The van der Waals surface area contributed by atoms with Gasteiger partial charge < -0.3 is 19.5 Å². The highest BCUT2D eigenvalue weighted by molar-refractivity contribution is 7.22. The average Bonchev–Trinajstić information content (AvgIpc) is 3.65. The van der Waals surface area contributed by atoms with Crippen molar-refractivity contribution in [2.24, 2.45) is 7.05 Å². The summed E-state index contributed by atoms with van der Waals surface area (Å²) in [4.78, 5) is 20.2. The van der Waals surface area contributed by atoms with Gasteiger partial charge in [-0.2, -0.15) is 5.10 Å². The minimum Gasteiger partial charge on any atom is -0.479 e. The number of rotatable bonds is 6. The SMILES string of the molecule is Cc1cc2nc(-c3ccc4c(c3)c(N3CC5CC[C@H](C3)O5)nn4C)sc2c(-c2ccc(Cl)cc2)c1[C@H](OC(C)(C)C)C(=O)O. The van der Waals surface area contributed by atoms with Gasteiger partial charge >= 0.3 is 5.97 Å². The minimum atomic E-state index is -1.16. The van der Waals surface area contributed by atoms with Crippen LogP contribution in [-0.4, -0.2) is 56.7 Å². The molecule has 3 aromatic carbocycles. The van der Waals surface area contributed by atoms with Gasteiger partial charge in [-0.25, -0.2) is 9.78 Å². The molecule has 7 rings (SSSR count). The molecule has 4 heterocycles. The molecule has 0 aliphatic carbocycles. The Morgan fingerprint density at radius 2 is 1.77 bits per heavy atom. The van der Waals surface area contributed by atoms with Gasteiger partial charge in [0, 0.05) is 47.2 Å². The van der Waals surface area contributed by atoms with E-state index >= 15 is 0 Å². The molecule has 0 spiro atoms. The highest BCUT2D eigenvalue weighted by atomic mass is 35.5. The Morgan fingerprint density at radius 3 is 2.43 bits per heavy atom. The number of benzene rings is 3. The molecular weight excluding hydrogens is 596 g/mol. The fraction of sp³-hybridized carbons (Fsp3) is 0.382. The van der Waals surface area contributed by atoms with E-state index in [9.17, 15) is 9.90 Å². The number of fused-ring (bicyclic) bond motifs is 4. The predicted octanol–water partition coefficient (Wildman–Crippen LogP) is 7.79. The van der Waals surface area contributed by atoms with E-state index < -0.39 is 17.7 Å². The number of carbonyl (C=O) groups is 1. The summed E-state index contributed by atoms with van der Waals surface area (Å²) in [5.41, 5.74) is 5.31. The van der Waals surface area contributed by atoms with E-state index in [4.69, 9.17) is 31.2 Å². The average molecular weight is 631 g/mol. The number of morpholine rings is 1. The molecule has 0 radical (unpaired) electrons. The Morgan fingerprint density at radius 1 is 1.09 bits per heavy atom. The number of aryl methyl sites for hydroxylation is 2. The molecule has 5 aromatic rings. The van der Waals surface area contributed by atoms with Crippen LogP contribution >= 0.6 is 22.9 Å². The number of aliphatic carboxylic acids is 1. The summed E-state index contributed by atoms with van der Waals surface area (Å²) in [5, 5.41) is 17.9. The molecule has 2 aliphatic heterocycles. The third kappa shape index (κ3) is 5.26. The second-order valence-corrected chi connectivity index (χ2v) is 14.3. The van der Waals surface area contributed by atoms with Crippen molar-refractivity contribution in [2.45, 2.75) is 64.4 Å². The first-order chi connectivity index (χ1) is 20.9. The summed E-state index contributed by atoms with van der Waals surface area (Å²) < 4.78 is 15.1. The standard InChI is InChI=1S/C34H35ClN4O4S/c1-18-14-25-30(28(19-6-9-21(35)10-7-19)27(18)29(33(40)41)43-34(2,3)4)44-32(36-25)20-8-13-26-24(15-20)31(37-38(26)5)39-16-22-11-12-23(17-39)42-22/h6-10,13-15,22-23,29H,11-12,16-17H2,1-5H3,(H,40,41)/t22-,23?,29+/m1/s1. The van der Waals surface area contributed by atoms with E-state index in [0.29, 0.717) is 10.6 Å². The minimum absolute atomic E-state index is 0.263.